The third-order valence-electron chi connectivity index (χ3n) is 5.10. The summed E-state index contributed by atoms with van der Waals surface area (Å²) in [6.07, 6.45) is 1.55. The summed E-state index contributed by atoms with van der Waals surface area (Å²) in [5.41, 5.74) is 1.26. The Balaban J connectivity index is 1.47. The number of carbonyl (C=O) groups excluding carboxylic acids is 2. The lowest BCUT2D eigenvalue weighted by Gasteiger charge is -2.25. The van der Waals surface area contributed by atoms with Gasteiger partial charge < -0.3 is 14.7 Å². The smallest absolute Gasteiger partial charge is 0.251 e. The lowest BCUT2D eigenvalue weighted by molar-refractivity contribution is -0.134. The molecule has 2 aromatic carbocycles. The minimum Gasteiger partial charge on any atom is -0.341 e. The maximum Gasteiger partial charge on any atom is 0.251 e. The van der Waals surface area contributed by atoms with Crippen molar-refractivity contribution >= 4 is 23.4 Å². The van der Waals surface area contributed by atoms with E-state index < -0.39 is 6.04 Å². The average molecular weight is 425 g/mol. The highest BCUT2D eigenvalue weighted by Gasteiger charge is 2.36. The summed E-state index contributed by atoms with van der Waals surface area (Å²) in [5, 5.41) is 7.40. The van der Waals surface area contributed by atoms with E-state index in [1.165, 1.54) is 0 Å². The van der Waals surface area contributed by atoms with Gasteiger partial charge in [-0.25, -0.2) is 0 Å². The molecule has 2 atom stereocenters. The molecule has 2 amide bonds. The Kier molecular flexibility index (Phi) is 5.81. The number of nitrogens with zero attached hydrogens (tertiary/aromatic N) is 3. The summed E-state index contributed by atoms with van der Waals surface area (Å²) < 4.78 is 5.47. The largest absolute Gasteiger partial charge is 0.341 e. The number of hydrogen-bond donors (Lipinski definition) is 1. The van der Waals surface area contributed by atoms with Gasteiger partial charge in [-0.2, -0.15) is 4.98 Å². The van der Waals surface area contributed by atoms with Crippen LogP contribution in [-0.2, 0) is 4.79 Å². The van der Waals surface area contributed by atoms with Crippen LogP contribution in [0.2, 0.25) is 5.02 Å². The number of halogens is 1. The molecule has 0 spiro atoms. The normalized spacial score (nSPS) is 17.0. The zero-order valence-electron chi connectivity index (χ0n) is 16.4. The number of carbonyl (C=O) groups is 2. The molecule has 154 valence electrons. The Bertz CT molecular complexity index is 1050. The number of nitrogens with one attached hydrogen (secondary N) is 1. The topological polar surface area (TPSA) is 88.3 Å². The van der Waals surface area contributed by atoms with Crippen molar-refractivity contribution in [2.24, 2.45) is 0 Å². The molecule has 1 aliphatic heterocycles. The highest BCUT2D eigenvalue weighted by molar-refractivity contribution is 6.30. The van der Waals surface area contributed by atoms with Crippen molar-refractivity contribution in [3.63, 3.8) is 0 Å². The van der Waals surface area contributed by atoms with Gasteiger partial charge in [0.2, 0.25) is 17.6 Å². The fraction of sp³-hybridized carbons (Fsp3) is 0.273. The molecule has 7 nitrogen and oxygen atoms in total. The van der Waals surface area contributed by atoms with Crippen molar-refractivity contribution in [3.05, 3.63) is 71.1 Å². The van der Waals surface area contributed by atoms with Crippen LogP contribution >= 0.6 is 11.6 Å². The molecule has 1 N–H and O–H groups in total. The van der Waals surface area contributed by atoms with Crippen LogP contribution in [0.5, 0.6) is 0 Å². The van der Waals surface area contributed by atoms with Crippen molar-refractivity contribution in [2.45, 2.75) is 31.8 Å². The Hall–Kier alpha value is -3.19. The van der Waals surface area contributed by atoms with Crippen LogP contribution < -0.4 is 5.32 Å². The second-order valence-corrected chi connectivity index (χ2v) is 7.65. The van der Waals surface area contributed by atoms with Crippen molar-refractivity contribution < 1.29 is 14.1 Å². The fourth-order valence-electron chi connectivity index (χ4n) is 3.58. The van der Waals surface area contributed by atoms with Crippen LogP contribution in [0.4, 0.5) is 0 Å². The van der Waals surface area contributed by atoms with E-state index in [2.05, 4.69) is 15.5 Å². The Morgan fingerprint density at radius 2 is 2.00 bits per heavy atom. The number of rotatable bonds is 5. The third-order valence-corrected chi connectivity index (χ3v) is 5.33. The van der Waals surface area contributed by atoms with Crippen molar-refractivity contribution in [1.82, 2.24) is 20.4 Å². The highest BCUT2D eigenvalue weighted by Crippen LogP contribution is 2.32. The molecule has 1 aromatic heterocycles. The number of amides is 2. The van der Waals surface area contributed by atoms with Crippen LogP contribution in [0.15, 0.2) is 59.1 Å². The van der Waals surface area contributed by atoms with Gasteiger partial charge in [0.15, 0.2) is 0 Å². The second-order valence-electron chi connectivity index (χ2n) is 7.22. The van der Waals surface area contributed by atoms with Crippen LogP contribution in [0.25, 0.3) is 11.4 Å². The third kappa shape index (κ3) is 4.21. The highest BCUT2D eigenvalue weighted by atomic mass is 35.5. The van der Waals surface area contributed by atoms with E-state index in [4.69, 9.17) is 16.1 Å². The van der Waals surface area contributed by atoms with Gasteiger partial charge in [-0.1, -0.05) is 47.1 Å². The van der Waals surface area contributed by atoms with Gasteiger partial charge in [0.25, 0.3) is 5.91 Å². The predicted octanol–water partition coefficient (Wildman–Crippen LogP) is 3.87. The Morgan fingerprint density at radius 1 is 1.20 bits per heavy atom. The molecule has 1 saturated heterocycles. The van der Waals surface area contributed by atoms with Crippen LogP contribution in [0.1, 0.15) is 42.1 Å². The second kappa shape index (κ2) is 8.67. The van der Waals surface area contributed by atoms with Crippen LogP contribution in [0, 0.1) is 0 Å². The monoisotopic (exact) mass is 424 g/mol. The number of benzene rings is 2. The summed E-state index contributed by atoms with van der Waals surface area (Å²) in [7, 11) is 0. The molecule has 0 bridgehead atoms. The number of aromatic nitrogens is 2. The van der Waals surface area contributed by atoms with E-state index in [0.29, 0.717) is 28.8 Å². The molecule has 4 rings (SSSR count). The molecule has 0 radical (unpaired) electrons. The molecule has 30 heavy (non-hydrogen) atoms. The first-order valence-electron chi connectivity index (χ1n) is 9.79. The number of hydrogen-bond acceptors (Lipinski definition) is 5. The Morgan fingerprint density at radius 3 is 2.77 bits per heavy atom. The lowest BCUT2D eigenvalue weighted by Crippen LogP contribution is -2.46. The summed E-state index contributed by atoms with van der Waals surface area (Å²) in [4.78, 5) is 31.6. The van der Waals surface area contributed by atoms with Crippen LogP contribution in [0.3, 0.4) is 0 Å². The molecule has 1 fully saturated rings. The summed E-state index contributed by atoms with van der Waals surface area (Å²) >= 11 is 6.04. The molecule has 0 aliphatic carbocycles. The van der Waals surface area contributed by atoms with E-state index >= 15 is 0 Å². The van der Waals surface area contributed by atoms with Gasteiger partial charge in [-0.05, 0) is 44.0 Å². The molecular formula is C22H21ClN4O3. The van der Waals surface area contributed by atoms with E-state index in [9.17, 15) is 9.59 Å². The lowest BCUT2D eigenvalue weighted by atomic mass is 10.1. The average Bonchev–Trinajstić information content (AvgIpc) is 3.43. The quantitative estimate of drug-likeness (QED) is 0.671. The van der Waals surface area contributed by atoms with Crippen molar-refractivity contribution in [3.8, 4) is 11.4 Å². The van der Waals surface area contributed by atoms with Crippen molar-refractivity contribution in [2.75, 3.05) is 6.54 Å². The van der Waals surface area contributed by atoms with Gasteiger partial charge in [0.1, 0.15) is 12.1 Å². The molecule has 0 unspecified atom stereocenters. The summed E-state index contributed by atoms with van der Waals surface area (Å²) in [5.74, 6) is 0.354. The van der Waals surface area contributed by atoms with E-state index in [0.717, 1.165) is 18.4 Å². The first kappa shape index (κ1) is 20.1. The molecule has 1 aliphatic rings. The minimum absolute atomic E-state index is 0.177. The van der Waals surface area contributed by atoms with E-state index in [1.807, 2.05) is 18.2 Å². The number of likely N-dealkylation sites (tertiary alicyclic amines) is 1. The molecular weight excluding hydrogens is 404 g/mol. The van der Waals surface area contributed by atoms with Crippen LogP contribution in [-0.4, -0.2) is 39.4 Å². The maximum absolute atomic E-state index is 13.0. The van der Waals surface area contributed by atoms with Gasteiger partial charge in [0.05, 0.1) is 0 Å². The fourth-order valence-corrected chi connectivity index (χ4v) is 3.77. The Labute approximate surface area is 179 Å². The van der Waals surface area contributed by atoms with E-state index in [-0.39, 0.29) is 17.9 Å². The molecule has 8 heteroatoms. The van der Waals surface area contributed by atoms with E-state index in [1.54, 1.807) is 48.2 Å². The summed E-state index contributed by atoms with van der Waals surface area (Å²) in [6, 6.07) is 15.0. The van der Waals surface area contributed by atoms with Gasteiger partial charge >= 0.3 is 0 Å². The first-order chi connectivity index (χ1) is 14.5. The SMILES string of the molecule is C[C@H](NC(=O)c1ccccc1)C(=O)N1CCC[C@@H]1c1nc(-c2cccc(Cl)c2)no1. The zero-order valence-corrected chi connectivity index (χ0v) is 17.2. The van der Waals surface area contributed by atoms with Gasteiger partial charge in [-0.15, -0.1) is 0 Å². The van der Waals surface area contributed by atoms with Crippen molar-refractivity contribution in [1.29, 1.82) is 0 Å². The molecule has 3 aromatic rings. The predicted molar refractivity (Wildman–Crippen MR) is 112 cm³/mol. The van der Waals surface area contributed by atoms with Gasteiger partial charge in [-0.3, -0.25) is 9.59 Å². The standard InChI is InChI=1S/C22H21ClN4O3/c1-14(24-20(28)15-7-3-2-4-8-15)22(29)27-12-6-11-18(27)21-25-19(26-30-21)16-9-5-10-17(23)13-16/h2-5,7-10,13-14,18H,6,11-12H2,1H3,(H,24,28)/t14-,18+/m0/s1. The minimum atomic E-state index is -0.673. The molecule has 2 heterocycles. The maximum atomic E-state index is 13.0. The summed E-state index contributed by atoms with van der Waals surface area (Å²) in [6.45, 7) is 2.26. The molecule has 0 saturated carbocycles. The first-order valence-corrected chi connectivity index (χ1v) is 10.2. The zero-order chi connectivity index (χ0) is 21.1. The van der Waals surface area contributed by atoms with Gasteiger partial charge in [0, 0.05) is 22.7 Å².